The van der Waals surface area contributed by atoms with E-state index in [1.165, 1.54) is 31.2 Å². The Labute approximate surface area is 874 Å². The van der Waals surface area contributed by atoms with Crippen LogP contribution in [0.15, 0.2) is 144 Å². The second kappa shape index (κ2) is 48.7. The van der Waals surface area contributed by atoms with Gasteiger partial charge < -0.3 is 88.6 Å². The minimum atomic E-state index is -0.204. The quantitative estimate of drug-likeness (QED) is 0.0313. The van der Waals surface area contributed by atoms with Crippen molar-refractivity contribution in [2.45, 2.75) is 305 Å². The van der Waals surface area contributed by atoms with Gasteiger partial charge in [0, 0.05) is 195 Å². The van der Waals surface area contributed by atoms with E-state index in [-0.39, 0.29) is 24.3 Å². The summed E-state index contributed by atoms with van der Waals surface area (Å²) in [6.45, 7) is 41.1. The highest BCUT2D eigenvalue weighted by Crippen LogP contribution is 2.44. The zero-order valence-corrected chi connectivity index (χ0v) is 89.5. The number of fused-ring (bicyclic) bond motifs is 5. The van der Waals surface area contributed by atoms with Crippen LogP contribution in [-0.2, 0) is 4.74 Å². The normalized spacial score (nSPS) is 19.3. The molecule has 8 fully saturated rings. The van der Waals surface area contributed by atoms with Crippen molar-refractivity contribution in [3.8, 4) is 56.9 Å². The van der Waals surface area contributed by atoms with Crippen molar-refractivity contribution in [2.75, 3.05) is 110 Å². The second-order valence-electron chi connectivity index (χ2n) is 42.6. The molecule has 0 spiro atoms. The summed E-state index contributed by atoms with van der Waals surface area (Å²) in [7, 11) is 0. The number of benzene rings is 5. The highest BCUT2D eigenvalue weighted by Gasteiger charge is 2.37. The van der Waals surface area contributed by atoms with E-state index in [9.17, 15) is 10.2 Å². The van der Waals surface area contributed by atoms with Gasteiger partial charge in [0.25, 0.3) is 0 Å². The number of aromatic nitrogens is 15. The minimum absolute atomic E-state index is 0.203. The number of aliphatic hydroxyl groups excluding tert-OH is 2. The first-order valence-electron chi connectivity index (χ1n) is 55.0. The lowest BCUT2D eigenvalue weighted by atomic mass is 9.91. The first-order valence-corrected chi connectivity index (χ1v) is 55.0. The standard InChI is InChI=1S/2C24H31N5O2.C23H29N5O2.C23H31N5O.C22H29N5O/c1-15-18-7-3-4-8-19(18)27-24(22(15)23-25-16(2)31-28-23)29-13-11-17(12-14-29)26-20-9-5-6-10-21(20)30;1-15-7-8-20-17(13-15)14-19(23-25-16(2)31-28-23)24(27-20)29-11-9-18(10-12-29)26-21-5-3-4-6-22(21)30;1-15-19-5-3-4-6-20(19)26-23(21(15)22-24-16(2)30-27-22)28-11-7-17(8-12-28)25-18-9-13-29-14-10-18;1-5-17(6-2)25-18-11-13-28(14-12-18)23-21(22-24-16(4)29-27-22)15(3)19-9-7-8-10-20(19)26-23;1-14(2)13-23-17-9-11-27(12-10-17)22-20(21-24-16(4)28-26-21)15(3)18-7-5-6-8-19(18)25-22/h3-4,7-8,17,20-21,26,30H,5-6,9-14H2,1-2H3;7-8,13-14,18,21-22,26,30H,3-6,9-12H2,1-2H3;3-6,17-18,25H,7-14H2,1-2H3;7-10,17-18,25H,5-6,11-14H2,1-4H3;5-8,14,17,23H,9-13H2,1-4H3/t20-,21-;;;;/m0..../s1. The van der Waals surface area contributed by atoms with Crippen molar-refractivity contribution < 1.29 is 37.6 Å². The van der Waals surface area contributed by atoms with Crippen LogP contribution in [0.1, 0.15) is 226 Å². The smallest absolute Gasteiger partial charge is 0.223 e. The number of para-hydroxylation sites is 4. The van der Waals surface area contributed by atoms with E-state index >= 15 is 0 Å². The molecule has 16 heterocycles. The largest absolute Gasteiger partial charge is 0.392 e. The van der Waals surface area contributed by atoms with E-state index in [0.717, 1.165) is 334 Å². The Morgan fingerprint density at radius 2 is 0.631 bits per heavy atom. The van der Waals surface area contributed by atoms with Crippen molar-refractivity contribution >= 4 is 83.6 Å². The number of piperidine rings is 5. The molecule has 2 saturated carbocycles. The van der Waals surface area contributed by atoms with Crippen molar-refractivity contribution in [1.82, 2.24) is 102 Å². The number of rotatable bonds is 23. The van der Waals surface area contributed by atoms with Crippen LogP contribution >= 0.6 is 0 Å². The number of nitrogens with one attached hydrogen (secondary N) is 5. The Morgan fingerprint density at radius 1 is 0.322 bits per heavy atom. The van der Waals surface area contributed by atoms with Gasteiger partial charge in [-0.15, -0.1) is 0 Å². The molecular weight excluding hydrogens is 1870 g/mol. The van der Waals surface area contributed by atoms with Crippen molar-refractivity contribution in [3.63, 3.8) is 0 Å². The summed E-state index contributed by atoms with van der Waals surface area (Å²) in [6.07, 6.45) is 23.7. The van der Waals surface area contributed by atoms with Crippen LogP contribution in [0.3, 0.4) is 0 Å². The third-order valence-corrected chi connectivity index (χ3v) is 31.6. The Bertz CT molecular complexity index is 6970. The molecule has 15 aromatic rings. The topological polar surface area (TPSA) is 385 Å². The molecule has 33 heteroatoms. The maximum Gasteiger partial charge on any atom is 0.223 e. The lowest BCUT2D eigenvalue weighted by Gasteiger charge is -2.38. The number of hydrogen-bond donors (Lipinski definition) is 7. The summed E-state index contributed by atoms with van der Waals surface area (Å²) in [5, 5.41) is 66.1. The predicted octanol–water partition coefficient (Wildman–Crippen LogP) is 19.9. The molecular formula is C116H151N25O8. The van der Waals surface area contributed by atoms with Crippen LogP contribution in [0.2, 0.25) is 0 Å². The van der Waals surface area contributed by atoms with Gasteiger partial charge in [-0.2, -0.15) is 24.9 Å². The van der Waals surface area contributed by atoms with E-state index in [1.54, 1.807) is 0 Å². The number of hydrogen-bond acceptors (Lipinski definition) is 33. The maximum absolute atomic E-state index is 10.3. The molecule has 0 bridgehead atoms. The number of pyridine rings is 5. The Morgan fingerprint density at radius 3 is 0.966 bits per heavy atom. The summed E-state index contributed by atoms with van der Waals surface area (Å²) in [4.78, 5) is 59.6. The summed E-state index contributed by atoms with van der Waals surface area (Å²) >= 11 is 0. The second-order valence-corrected chi connectivity index (χ2v) is 42.6. The third kappa shape index (κ3) is 25.1. The van der Waals surface area contributed by atoms with Crippen LogP contribution in [0.25, 0.3) is 111 Å². The molecule has 4 atom stereocenters. The fourth-order valence-corrected chi connectivity index (χ4v) is 23.1. The first-order chi connectivity index (χ1) is 72.5. The summed E-state index contributed by atoms with van der Waals surface area (Å²) in [6, 6.07) is 45.8. The molecule has 7 N–H and O–H groups in total. The third-order valence-electron chi connectivity index (χ3n) is 31.6. The highest BCUT2D eigenvalue weighted by atomic mass is 16.5. The number of aliphatic hydroxyl groups is 2. The average molecular weight is 2020 g/mol. The molecule has 0 radical (unpaired) electrons. The molecule has 8 aliphatic rings. The highest BCUT2D eigenvalue weighted by molar-refractivity contribution is 5.97. The Kier molecular flexibility index (Phi) is 34.3. The van der Waals surface area contributed by atoms with Gasteiger partial charge in [-0.25, -0.2) is 24.9 Å². The van der Waals surface area contributed by atoms with Gasteiger partial charge in [0.15, 0.2) is 0 Å². The summed E-state index contributed by atoms with van der Waals surface area (Å²) in [5.41, 5.74) is 15.7. The maximum atomic E-state index is 10.3. The number of nitrogens with zero attached hydrogens (tertiary/aromatic N) is 20. The van der Waals surface area contributed by atoms with E-state index in [1.807, 2.05) is 71.0 Å². The minimum Gasteiger partial charge on any atom is -0.392 e. The molecule has 6 aliphatic heterocycles. The van der Waals surface area contributed by atoms with Crippen LogP contribution in [-0.4, -0.2) is 238 Å². The SMILES string of the molecule is CCC(CC)NC1CCN(c2nc3ccccc3c(C)c2-c2noc(C)n2)CC1.Cc1ccc2nc(N3CCC(NC4CCCCC4O)CC3)c(-c3noc(C)n3)cc2c1.Cc1nc(-c2c(N3CCC(NC4CCOCC4)CC3)nc3ccccc3c2C)no1.Cc1nc(-c2c(N3CCC(NCC(C)C)CC3)nc3ccccc3c2C)no1.Cc1nc(-c2c(N3CCC(N[C@H]4CCCC[C@@H]4O)CC3)nc3ccccc3c2C)no1. The molecule has 2 aliphatic carbocycles. The van der Waals surface area contributed by atoms with Crippen molar-refractivity contribution in [1.29, 1.82) is 0 Å². The van der Waals surface area contributed by atoms with Crippen LogP contribution in [0.5, 0.6) is 0 Å². The van der Waals surface area contributed by atoms with E-state index in [4.69, 9.17) is 52.3 Å². The molecule has 10 aromatic heterocycles. The van der Waals surface area contributed by atoms with Crippen molar-refractivity contribution in [3.05, 3.63) is 179 Å². The van der Waals surface area contributed by atoms with Crippen LogP contribution in [0, 0.1) is 75.2 Å². The van der Waals surface area contributed by atoms with Gasteiger partial charge in [-0.3, -0.25) is 0 Å². The number of ether oxygens (including phenoxy) is 1. The number of aryl methyl sites for hydroxylation is 10. The Hall–Kier alpha value is -12.5. The Balaban J connectivity index is 0.000000117. The molecule has 0 amide bonds. The fourth-order valence-electron chi connectivity index (χ4n) is 23.1. The number of anilines is 5. The summed E-state index contributed by atoms with van der Waals surface area (Å²) in [5.74, 6) is 11.4. The monoisotopic (exact) mass is 2020 g/mol. The molecule has 33 nitrogen and oxygen atoms in total. The van der Waals surface area contributed by atoms with E-state index < -0.39 is 0 Å². The first kappa shape index (κ1) is 105. The molecule has 149 heavy (non-hydrogen) atoms. The van der Waals surface area contributed by atoms with Crippen LogP contribution in [0.4, 0.5) is 29.1 Å². The zero-order chi connectivity index (χ0) is 103. The van der Waals surface area contributed by atoms with Gasteiger partial charge in [-0.1, -0.05) is 164 Å². The van der Waals surface area contributed by atoms with E-state index in [0.29, 0.717) is 107 Å². The van der Waals surface area contributed by atoms with Gasteiger partial charge in [0.1, 0.15) is 29.1 Å². The predicted molar refractivity (Wildman–Crippen MR) is 589 cm³/mol. The lowest BCUT2D eigenvalue weighted by molar-refractivity contribution is 0.0738. The van der Waals surface area contributed by atoms with Gasteiger partial charge >= 0.3 is 0 Å². The molecule has 2 unspecified atom stereocenters. The van der Waals surface area contributed by atoms with E-state index in [2.05, 4.69) is 249 Å². The van der Waals surface area contributed by atoms with Gasteiger partial charge in [0.2, 0.25) is 58.6 Å². The van der Waals surface area contributed by atoms with Gasteiger partial charge in [0.05, 0.1) is 67.6 Å². The summed E-state index contributed by atoms with van der Waals surface area (Å²) < 4.78 is 31.9. The van der Waals surface area contributed by atoms with Crippen LogP contribution < -0.4 is 51.1 Å². The zero-order valence-electron chi connectivity index (χ0n) is 89.5. The van der Waals surface area contributed by atoms with Crippen molar-refractivity contribution in [2.24, 2.45) is 5.92 Å². The lowest BCUT2D eigenvalue weighted by Crippen LogP contribution is -2.51. The van der Waals surface area contributed by atoms with Gasteiger partial charge in [-0.05, 0) is 227 Å². The average Bonchev–Trinajstić information content (AvgIpc) is 1.75. The molecule has 5 aromatic carbocycles. The fraction of sp³-hybridized carbons (Fsp3) is 0.526. The molecule has 6 saturated heterocycles. The molecule has 23 rings (SSSR count). The molecule has 788 valence electrons.